The molecule has 3 unspecified atom stereocenters. The molecule has 0 radical (unpaired) electrons. The van der Waals surface area contributed by atoms with Crippen LogP contribution in [0, 0.1) is 5.92 Å². The van der Waals surface area contributed by atoms with Crippen LogP contribution in [0.15, 0.2) is 0 Å². The number of likely N-dealkylation sites (tertiary alicyclic amines) is 1. The highest BCUT2D eigenvalue weighted by atomic mass is 16.3. The standard InChI is InChI=1S/C16H32N2O/c1-3-10-17-16(13-19)9-4-7-15(16)8-12-18-11-5-6-14(18)2/h14-15,17,19H,3-13H2,1-2H3. The fourth-order valence-corrected chi connectivity index (χ4v) is 4.08. The average Bonchev–Trinajstić information content (AvgIpc) is 3.01. The van der Waals surface area contributed by atoms with Crippen LogP contribution in [-0.2, 0) is 0 Å². The lowest BCUT2D eigenvalue weighted by Gasteiger charge is -2.36. The lowest BCUT2D eigenvalue weighted by molar-refractivity contribution is 0.110. The Kier molecular flexibility index (Phi) is 5.67. The van der Waals surface area contributed by atoms with Crippen LogP contribution in [-0.4, -0.2) is 47.8 Å². The van der Waals surface area contributed by atoms with Crippen molar-refractivity contribution >= 4 is 0 Å². The highest BCUT2D eigenvalue weighted by Gasteiger charge is 2.41. The Balaban J connectivity index is 1.86. The van der Waals surface area contributed by atoms with Gasteiger partial charge in [0.1, 0.15) is 0 Å². The second-order valence-corrected chi connectivity index (χ2v) is 6.65. The molecule has 1 aliphatic carbocycles. The van der Waals surface area contributed by atoms with Gasteiger partial charge in [-0.25, -0.2) is 0 Å². The molecule has 0 aromatic heterocycles. The van der Waals surface area contributed by atoms with E-state index < -0.39 is 0 Å². The van der Waals surface area contributed by atoms with E-state index in [1.165, 1.54) is 45.2 Å². The van der Waals surface area contributed by atoms with Gasteiger partial charge in [0.25, 0.3) is 0 Å². The van der Waals surface area contributed by atoms with E-state index >= 15 is 0 Å². The van der Waals surface area contributed by atoms with Gasteiger partial charge in [0.15, 0.2) is 0 Å². The quantitative estimate of drug-likeness (QED) is 0.744. The third-order valence-corrected chi connectivity index (χ3v) is 5.42. The normalized spacial score (nSPS) is 36.2. The first-order valence-corrected chi connectivity index (χ1v) is 8.32. The van der Waals surface area contributed by atoms with Gasteiger partial charge in [-0.1, -0.05) is 13.3 Å². The van der Waals surface area contributed by atoms with Gasteiger partial charge in [-0.05, 0) is 71.0 Å². The summed E-state index contributed by atoms with van der Waals surface area (Å²) in [5.41, 5.74) is 0.0268. The Labute approximate surface area is 118 Å². The Morgan fingerprint density at radius 2 is 2.16 bits per heavy atom. The topological polar surface area (TPSA) is 35.5 Å². The maximum Gasteiger partial charge on any atom is 0.0616 e. The van der Waals surface area contributed by atoms with Gasteiger partial charge in [0.05, 0.1) is 6.61 Å². The van der Waals surface area contributed by atoms with Gasteiger partial charge in [-0.15, -0.1) is 0 Å². The minimum absolute atomic E-state index is 0.0268. The van der Waals surface area contributed by atoms with E-state index in [0.717, 1.165) is 25.4 Å². The molecule has 2 rings (SSSR count). The van der Waals surface area contributed by atoms with Crippen molar-refractivity contribution in [3.05, 3.63) is 0 Å². The number of hydrogen-bond acceptors (Lipinski definition) is 3. The SMILES string of the molecule is CCCNC1(CO)CCCC1CCN1CCCC1C. The summed E-state index contributed by atoms with van der Waals surface area (Å²) in [6, 6.07) is 0.772. The van der Waals surface area contributed by atoms with E-state index in [1.54, 1.807) is 0 Å². The highest BCUT2D eigenvalue weighted by molar-refractivity contribution is 4.99. The summed E-state index contributed by atoms with van der Waals surface area (Å²) in [6.07, 6.45) is 8.86. The van der Waals surface area contributed by atoms with E-state index in [2.05, 4.69) is 24.1 Å². The zero-order valence-corrected chi connectivity index (χ0v) is 12.8. The Bertz CT molecular complexity index is 271. The first-order chi connectivity index (χ1) is 9.22. The molecule has 3 heteroatoms. The van der Waals surface area contributed by atoms with Gasteiger partial charge in [0.2, 0.25) is 0 Å². The minimum atomic E-state index is 0.0268. The predicted octanol–water partition coefficient (Wildman–Crippen LogP) is 2.39. The van der Waals surface area contributed by atoms with Gasteiger partial charge < -0.3 is 15.3 Å². The van der Waals surface area contributed by atoms with Crippen LogP contribution in [0.2, 0.25) is 0 Å². The lowest BCUT2D eigenvalue weighted by Crippen LogP contribution is -2.52. The molecule has 112 valence electrons. The summed E-state index contributed by atoms with van der Waals surface area (Å²) in [5, 5.41) is 13.5. The van der Waals surface area contributed by atoms with E-state index in [1.807, 2.05) is 0 Å². The minimum Gasteiger partial charge on any atom is -0.394 e. The van der Waals surface area contributed by atoms with Gasteiger partial charge in [-0.3, -0.25) is 0 Å². The molecule has 19 heavy (non-hydrogen) atoms. The second-order valence-electron chi connectivity index (χ2n) is 6.65. The largest absolute Gasteiger partial charge is 0.394 e. The number of aliphatic hydroxyl groups excluding tert-OH is 1. The maximum atomic E-state index is 9.88. The van der Waals surface area contributed by atoms with Crippen molar-refractivity contribution in [2.45, 2.75) is 70.4 Å². The molecule has 0 bridgehead atoms. The lowest BCUT2D eigenvalue weighted by atomic mass is 9.85. The summed E-state index contributed by atoms with van der Waals surface area (Å²) in [6.45, 7) is 8.42. The van der Waals surface area contributed by atoms with Crippen molar-refractivity contribution in [1.29, 1.82) is 0 Å². The van der Waals surface area contributed by atoms with E-state index in [-0.39, 0.29) is 5.54 Å². The number of aliphatic hydroxyl groups is 1. The fourth-order valence-electron chi connectivity index (χ4n) is 4.08. The molecule has 1 saturated carbocycles. The number of nitrogens with one attached hydrogen (secondary N) is 1. The summed E-state index contributed by atoms with van der Waals surface area (Å²) >= 11 is 0. The summed E-state index contributed by atoms with van der Waals surface area (Å²) in [7, 11) is 0. The molecule has 0 aromatic rings. The Morgan fingerprint density at radius 1 is 1.32 bits per heavy atom. The molecule has 1 saturated heterocycles. The first kappa shape index (κ1) is 15.3. The zero-order valence-electron chi connectivity index (χ0n) is 12.8. The van der Waals surface area contributed by atoms with Crippen molar-refractivity contribution in [2.24, 2.45) is 5.92 Å². The van der Waals surface area contributed by atoms with Crippen molar-refractivity contribution in [1.82, 2.24) is 10.2 Å². The van der Waals surface area contributed by atoms with Gasteiger partial charge in [-0.2, -0.15) is 0 Å². The summed E-state index contributed by atoms with van der Waals surface area (Å²) in [4.78, 5) is 2.64. The molecule has 0 amide bonds. The molecule has 1 heterocycles. The molecule has 2 fully saturated rings. The van der Waals surface area contributed by atoms with Gasteiger partial charge >= 0.3 is 0 Å². The van der Waals surface area contributed by atoms with Crippen LogP contribution < -0.4 is 5.32 Å². The number of rotatable bonds is 7. The monoisotopic (exact) mass is 268 g/mol. The third kappa shape index (κ3) is 3.50. The predicted molar refractivity (Wildman–Crippen MR) is 80.3 cm³/mol. The van der Waals surface area contributed by atoms with Crippen molar-refractivity contribution < 1.29 is 5.11 Å². The summed E-state index contributed by atoms with van der Waals surface area (Å²) < 4.78 is 0. The van der Waals surface area contributed by atoms with Crippen LogP contribution in [0.5, 0.6) is 0 Å². The first-order valence-electron chi connectivity index (χ1n) is 8.32. The summed E-state index contributed by atoms with van der Waals surface area (Å²) in [5.74, 6) is 0.664. The second kappa shape index (κ2) is 7.05. The molecule has 0 aromatic carbocycles. The van der Waals surface area contributed by atoms with Crippen molar-refractivity contribution in [3.8, 4) is 0 Å². The van der Waals surface area contributed by atoms with Crippen LogP contribution in [0.1, 0.15) is 58.8 Å². The molecule has 3 atom stereocenters. The molecule has 1 aliphatic heterocycles. The third-order valence-electron chi connectivity index (χ3n) is 5.42. The van der Waals surface area contributed by atoms with E-state index in [4.69, 9.17) is 0 Å². The molecular weight excluding hydrogens is 236 g/mol. The molecule has 2 aliphatic rings. The number of hydrogen-bond donors (Lipinski definition) is 2. The van der Waals surface area contributed by atoms with Crippen LogP contribution in [0.25, 0.3) is 0 Å². The maximum absolute atomic E-state index is 9.88. The Morgan fingerprint density at radius 3 is 2.79 bits per heavy atom. The van der Waals surface area contributed by atoms with Crippen molar-refractivity contribution in [3.63, 3.8) is 0 Å². The number of nitrogens with zero attached hydrogens (tertiary/aromatic N) is 1. The molecule has 0 spiro atoms. The average molecular weight is 268 g/mol. The van der Waals surface area contributed by atoms with Crippen LogP contribution >= 0.6 is 0 Å². The molecule has 3 nitrogen and oxygen atoms in total. The van der Waals surface area contributed by atoms with Crippen molar-refractivity contribution in [2.75, 3.05) is 26.2 Å². The van der Waals surface area contributed by atoms with Gasteiger partial charge in [0, 0.05) is 11.6 Å². The fraction of sp³-hybridized carbons (Fsp3) is 1.00. The smallest absolute Gasteiger partial charge is 0.0616 e. The Hall–Kier alpha value is -0.120. The molecule has 2 N–H and O–H groups in total. The van der Waals surface area contributed by atoms with Crippen LogP contribution in [0.3, 0.4) is 0 Å². The van der Waals surface area contributed by atoms with E-state index in [0.29, 0.717) is 12.5 Å². The highest BCUT2D eigenvalue weighted by Crippen LogP contribution is 2.38. The van der Waals surface area contributed by atoms with Crippen LogP contribution in [0.4, 0.5) is 0 Å². The zero-order chi connectivity index (χ0) is 13.7. The molecular formula is C16H32N2O. The van der Waals surface area contributed by atoms with E-state index in [9.17, 15) is 5.11 Å².